The van der Waals surface area contributed by atoms with Crippen molar-refractivity contribution in [2.24, 2.45) is 0 Å². The number of hydrogen-bond donors (Lipinski definition) is 0. The number of benzene rings is 3. The van der Waals surface area contributed by atoms with E-state index in [0.717, 1.165) is 17.9 Å². The zero-order valence-electron chi connectivity index (χ0n) is 14.8. The maximum atomic E-state index is 5.23. The monoisotopic (exact) mass is 339 g/mol. The largest absolute Gasteiger partial charge is 0.497 e. The van der Waals surface area contributed by atoms with Crippen LogP contribution in [0.4, 0.5) is 0 Å². The first-order valence-corrected chi connectivity index (χ1v) is 8.78. The number of rotatable bonds is 5. The predicted molar refractivity (Wildman–Crippen MR) is 109 cm³/mol. The lowest BCUT2D eigenvalue weighted by molar-refractivity contribution is 0.415. The lowest BCUT2D eigenvalue weighted by atomic mass is 10.2. The lowest BCUT2D eigenvalue weighted by Crippen LogP contribution is -2.01. The van der Waals surface area contributed by atoms with Crippen molar-refractivity contribution < 1.29 is 4.74 Å². The molecule has 26 heavy (non-hydrogen) atoms. The Bertz CT molecular complexity index is 1030. The third kappa shape index (κ3) is 3.40. The quantitative estimate of drug-likeness (QED) is 0.443. The van der Waals surface area contributed by atoms with Crippen LogP contribution < -0.4 is 4.74 Å². The first kappa shape index (κ1) is 16.2. The highest BCUT2D eigenvalue weighted by atomic mass is 16.5. The molecule has 3 aromatic carbocycles. The van der Waals surface area contributed by atoms with Crippen molar-refractivity contribution in [1.82, 2.24) is 4.57 Å². The molecule has 0 spiro atoms. The van der Waals surface area contributed by atoms with E-state index in [0.29, 0.717) is 0 Å². The molecule has 0 aliphatic rings. The number of methoxy groups -OCH3 is 1. The van der Waals surface area contributed by atoms with Crippen LogP contribution in [0.5, 0.6) is 5.75 Å². The third-order valence-electron chi connectivity index (χ3n) is 4.59. The van der Waals surface area contributed by atoms with Crippen molar-refractivity contribution >= 4 is 23.1 Å². The van der Waals surface area contributed by atoms with Gasteiger partial charge in [-0.2, -0.15) is 0 Å². The Labute approximate surface area is 154 Å². The molecular weight excluding hydrogens is 318 g/mol. The van der Waals surface area contributed by atoms with Crippen LogP contribution in [0.2, 0.25) is 0 Å². The second-order valence-corrected chi connectivity index (χ2v) is 6.31. The van der Waals surface area contributed by atoms with Gasteiger partial charge in [-0.1, -0.05) is 66.7 Å². The minimum absolute atomic E-state index is 0.858. The molecule has 0 N–H and O–H groups in total. The van der Waals surface area contributed by atoms with Crippen LogP contribution in [0.1, 0.15) is 16.8 Å². The molecule has 4 aromatic rings. The Balaban J connectivity index is 1.71. The number of hydrogen-bond acceptors (Lipinski definition) is 1. The average Bonchev–Trinajstić information content (AvgIpc) is 3.05. The molecule has 0 bridgehead atoms. The fourth-order valence-corrected chi connectivity index (χ4v) is 3.21. The van der Waals surface area contributed by atoms with E-state index in [1.807, 2.05) is 12.1 Å². The van der Waals surface area contributed by atoms with Gasteiger partial charge in [-0.15, -0.1) is 0 Å². The second-order valence-electron chi connectivity index (χ2n) is 6.31. The molecule has 0 fully saturated rings. The molecule has 2 nitrogen and oxygen atoms in total. The van der Waals surface area contributed by atoms with E-state index < -0.39 is 0 Å². The molecule has 0 aliphatic carbocycles. The van der Waals surface area contributed by atoms with E-state index >= 15 is 0 Å². The highest BCUT2D eigenvalue weighted by molar-refractivity contribution is 5.85. The van der Waals surface area contributed by atoms with E-state index in [1.54, 1.807) is 7.11 Å². The first-order valence-electron chi connectivity index (χ1n) is 8.78. The van der Waals surface area contributed by atoms with Crippen LogP contribution in [-0.4, -0.2) is 11.7 Å². The number of fused-ring (bicyclic) bond motifs is 1. The van der Waals surface area contributed by atoms with Crippen molar-refractivity contribution in [1.29, 1.82) is 0 Å². The van der Waals surface area contributed by atoms with Gasteiger partial charge < -0.3 is 9.30 Å². The summed E-state index contributed by atoms with van der Waals surface area (Å²) >= 11 is 0. The summed E-state index contributed by atoms with van der Waals surface area (Å²) in [5, 5.41) is 1.26. The molecular formula is C24H21NO. The molecule has 0 radical (unpaired) electrons. The number of para-hydroxylation sites is 1. The average molecular weight is 339 g/mol. The van der Waals surface area contributed by atoms with Gasteiger partial charge in [0.25, 0.3) is 0 Å². The second kappa shape index (κ2) is 7.32. The Morgan fingerprint density at radius 3 is 2.31 bits per heavy atom. The Morgan fingerprint density at radius 1 is 0.808 bits per heavy atom. The van der Waals surface area contributed by atoms with Crippen LogP contribution in [0.3, 0.4) is 0 Å². The normalized spacial score (nSPS) is 11.3. The SMILES string of the molecule is COc1ccc(/C=C/c2cc3ccccc3n2Cc2ccccc2)cc1. The molecule has 0 unspecified atom stereocenters. The summed E-state index contributed by atoms with van der Waals surface area (Å²) in [5.41, 5.74) is 4.91. The summed E-state index contributed by atoms with van der Waals surface area (Å²) in [7, 11) is 1.69. The third-order valence-corrected chi connectivity index (χ3v) is 4.59. The van der Waals surface area contributed by atoms with Gasteiger partial charge in [0, 0.05) is 23.1 Å². The van der Waals surface area contributed by atoms with Crippen LogP contribution in [-0.2, 0) is 6.54 Å². The van der Waals surface area contributed by atoms with Crippen molar-refractivity contribution in [2.45, 2.75) is 6.54 Å². The highest BCUT2D eigenvalue weighted by Gasteiger charge is 2.07. The minimum Gasteiger partial charge on any atom is -0.497 e. The Morgan fingerprint density at radius 2 is 1.54 bits per heavy atom. The summed E-state index contributed by atoms with van der Waals surface area (Å²) in [6.45, 7) is 0.858. The highest BCUT2D eigenvalue weighted by Crippen LogP contribution is 2.23. The maximum Gasteiger partial charge on any atom is 0.118 e. The Hall–Kier alpha value is -3.26. The van der Waals surface area contributed by atoms with E-state index in [1.165, 1.54) is 22.2 Å². The fourth-order valence-electron chi connectivity index (χ4n) is 3.21. The smallest absolute Gasteiger partial charge is 0.118 e. The van der Waals surface area contributed by atoms with Gasteiger partial charge in [0.15, 0.2) is 0 Å². The van der Waals surface area contributed by atoms with Crippen molar-refractivity contribution in [2.75, 3.05) is 7.11 Å². The zero-order chi connectivity index (χ0) is 17.8. The van der Waals surface area contributed by atoms with Crippen molar-refractivity contribution in [3.63, 3.8) is 0 Å². The summed E-state index contributed by atoms with van der Waals surface area (Å²) in [5.74, 6) is 0.875. The van der Waals surface area contributed by atoms with Crippen LogP contribution >= 0.6 is 0 Å². The molecule has 0 aliphatic heterocycles. The van der Waals surface area contributed by atoms with Crippen LogP contribution in [0.25, 0.3) is 23.1 Å². The van der Waals surface area contributed by atoms with E-state index in [2.05, 4.69) is 89.5 Å². The van der Waals surface area contributed by atoms with Crippen LogP contribution in [0.15, 0.2) is 84.9 Å². The topological polar surface area (TPSA) is 14.2 Å². The van der Waals surface area contributed by atoms with E-state index in [4.69, 9.17) is 4.74 Å². The van der Waals surface area contributed by atoms with Crippen molar-refractivity contribution in [3.8, 4) is 5.75 Å². The molecule has 4 rings (SSSR count). The summed E-state index contributed by atoms with van der Waals surface area (Å²) < 4.78 is 7.59. The molecule has 0 saturated carbocycles. The summed E-state index contributed by atoms with van der Waals surface area (Å²) in [6, 6.07) is 29.5. The van der Waals surface area contributed by atoms with Gasteiger partial charge in [-0.3, -0.25) is 0 Å². The first-order chi connectivity index (χ1) is 12.8. The van der Waals surface area contributed by atoms with E-state index in [9.17, 15) is 0 Å². The Kier molecular flexibility index (Phi) is 4.57. The number of aromatic nitrogens is 1. The lowest BCUT2D eigenvalue weighted by Gasteiger charge is -2.09. The van der Waals surface area contributed by atoms with Gasteiger partial charge in [0.05, 0.1) is 7.11 Å². The molecule has 1 heterocycles. The predicted octanol–water partition coefficient (Wildman–Crippen LogP) is 5.87. The van der Waals surface area contributed by atoms with Gasteiger partial charge in [0.2, 0.25) is 0 Å². The molecule has 128 valence electrons. The molecule has 0 atom stereocenters. The van der Waals surface area contributed by atoms with Gasteiger partial charge in [-0.05, 0) is 41.5 Å². The molecule has 1 aromatic heterocycles. The van der Waals surface area contributed by atoms with Gasteiger partial charge >= 0.3 is 0 Å². The maximum absolute atomic E-state index is 5.23. The standard InChI is InChI=1S/C24H21NO/c1-26-23-15-12-19(13-16-23)11-14-22-17-21-9-5-6-10-24(21)25(22)18-20-7-3-2-4-8-20/h2-17H,18H2,1H3/b14-11+. The molecule has 2 heteroatoms. The molecule has 0 saturated heterocycles. The summed E-state index contributed by atoms with van der Waals surface area (Å²) in [4.78, 5) is 0. The fraction of sp³-hybridized carbons (Fsp3) is 0.0833. The zero-order valence-corrected chi connectivity index (χ0v) is 14.8. The summed E-state index contributed by atoms with van der Waals surface area (Å²) in [6.07, 6.45) is 4.33. The number of nitrogens with zero attached hydrogens (tertiary/aromatic N) is 1. The van der Waals surface area contributed by atoms with E-state index in [-0.39, 0.29) is 0 Å². The number of ether oxygens (including phenoxy) is 1. The van der Waals surface area contributed by atoms with Gasteiger partial charge in [-0.25, -0.2) is 0 Å². The molecule has 0 amide bonds. The van der Waals surface area contributed by atoms with Gasteiger partial charge in [0.1, 0.15) is 5.75 Å². The minimum atomic E-state index is 0.858. The van der Waals surface area contributed by atoms with Crippen LogP contribution in [0, 0.1) is 0 Å². The van der Waals surface area contributed by atoms with Crippen molar-refractivity contribution in [3.05, 3.63) is 102 Å².